The van der Waals surface area contributed by atoms with Gasteiger partial charge in [-0.05, 0) is 61.4 Å². The van der Waals surface area contributed by atoms with Crippen molar-refractivity contribution in [2.75, 3.05) is 58.4 Å². The Hall–Kier alpha value is -3.12. The van der Waals surface area contributed by atoms with Crippen molar-refractivity contribution in [2.45, 2.75) is 31.6 Å². The van der Waals surface area contributed by atoms with E-state index < -0.39 is 23.9 Å². The molecule has 0 atom stereocenters. The van der Waals surface area contributed by atoms with Gasteiger partial charge in [-0.25, -0.2) is 8.78 Å². The first-order valence-corrected chi connectivity index (χ1v) is 13.3. The van der Waals surface area contributed by atoms with E-state index >= 15 is 0 Å². The van der Waals surface area contributed by atoms with E-state index in [4.69, 9.17) is 5.11 Å². The minimum atomic E-state index is -2.89. The maximum Gasteiger partial charge on any atom is 0.292 e. The monoisotopic (exact) mass is 533 g/mol. The van der Waals surface area contributed by atoms with Gasteiger partial charge < -0.3 is 24.9 Å². The molecule has 0 unspecified atom stereocenters. The van der Waals surface area contributed by atoms with Crippen molar-refractivity contribution in [2.24, 2.45) is 5.41 Å². The molecule has 1 aliphatic carbocycles. The minimum Gasteiger partial charge on any atom is -0.395 e. The van der Waals surface area contributed by atoms with Gasteiger partial charge in [0.25, 0.3) is 17.5 Å². The molecular weight excluding hydrogens is 504 g/mol. The van der Waals surface area contributed by atoms with Crippen LogP contribution in [0.4, 0.5) is 37.2 Å². The molecule has 5 rings (SSSR count). The van der Waals surface area contributed by atoms with E-state index in [9.17, 15) is 23.7 Å². The number of hydrogen-bond donors (Lipinski definition) is 3. The minimum absolute atomic E-state index is 0.0471. The number of nitro groups is 1. The fourth-order valence-electron chi connectivity index (χ4n) is 5.02. The van der Waals surface area contributed by atoms with Crippen molar-refractivity contribution >= 4 is 46.3 Å². The molecule has 0 aromatic heterocycles. The van der Waals surface area contributed by atoms with E-state index in [-0.39, 0.29) is 23.9 Å². The van der Waals surface area contributed by atoms with Crippen LogP contribution in [-0.4, -0.2) is 60.4 Å². The summed E-state index contributed by atoms with van der Waals surface area (Å²) in [4.78, 5) is 27.7. The molecule has 12 heteroatoms. The van der Waals surface area contributed by atoms with Crippen LogP contribution in [0.25, 0.3) is 0 Å². The number of carbonyl (C=O) groups is 1. The lowest BCUT2D eigenvalue weighted by Gasteiger charge is -2.40. The van der Waals surface area contributed by atoms with Crippen molar-refractivity contribution in [1.82, 2.24) is 0 Å². The Morgan fingerprint density at radius 1 is 1.03 bits per heavy atom. The molecule has 2 aromatic rings. The number of carbonyl (C=O) groups excluding carboxylic acids is 1. The highest BCUT2D eigenvalue weighted by atomic mass is 32.2. The molecule has 198 valence electrons. The smallest absolute Gasteiger partial charge is 0.292 e. The van der Waals surface area contributed by atoms with Crippen molar-refractivity contribution in [3.05, 3.63) is 52.1 Å². The molecule has 2 aromatic carbocycles. The van der Waals surface area contributed by atoms with E-state index in [1.54, 1.807) is 12.1 Å². The first-order valence-electron chi connectivity index (χ1n) is 12.3. The number of nitro benzene ring substituents is 1. The lowest BCUT2D eigenvalue weighted by atomic mass is 9.93. The fraction of sp³-hybridized carbons (Fsp3) is 0.480. The summed E-state index contributed by atoms with van der Waals surface area (Å²) in [6.07, 6.45) is 4.69. The van der Waals surface area contributed by atoms with Crippen molar-refractivity contribution in [1.29, 1.82) is 0 Å². The number of piperidine rings is 1. The topological polar surface area (TPSA) is 111 Å². The molecule has 2 saturated heterocycles. The highest BCUT2D eigenvalue weighted by molar-refractivity contribution is 8.00. The number of aliphatic hydroxyl groups excluding tert-OH is 1. The molecule has 1 saturated carbocycles. The van der Waals surface area contributed by atoms with Gasteiger partial charge in [-0.2, -0.15) is 0 Å². The summed E-state index contributed by atoms with van der Waals surface area (Å²) < 4.78 is 30.1. The number of rotatable bonds is 9. The maximum absolute atomic E-state index is 13.4. The van der Waals surface area contributed by atoms with Gasteiger partial charge in [0.2, 0.25) is 0 Å². The van der Waals surface area contributed by atoms with Crippen molar-refractivity contribution in [3.63, 3.8) is 0 Å². The van der Waals surface area contributed by atoms with Gasteiger partial charge in [0.05, 0.1) is 35.9 Å². The summed E-state index contributed by atoms with van der Waals surface area (Å²) in [6, 6.07) is 9.47. The van der Waals surface area contributed by atoms with Crippen LogP contribution >= 0.6 is 11.9 Å². The van der Waals surface area contributed by atoms with Crippen molar-refractivity contribution in [3.8, 4) is 0 Å². The molecule has 37 heavy (non-hydrogen) atoms. The van der Waals surface area contributed by atoms with Gasteiger partial charge in [0.1, 0.15) is 5.69 Å². The third-order valence-corrected chi connectivity index (χ3v) is 8.13. The summed E-state index contributed by atoms with van der Waals surface area (Å²) in [5.74, 6) is -2.75. The van der Waals surface area contributed by atoms with Gasteiger partial charge in [-0.3, -0.25) is 14.9 Å². The maximum atomic E-state index is 13.4. The average Bonchev–Trinajstić information content (AvgIpc) is 3.61. The number of amides is 1. The number of anilines is 4. The zero-order chi connectivity index (χ0) is 26.2. The largest absolute Gasteiger partial charge is 0.395 e. The second kappa shape index (κ2) is 9.97. The molecule has 0 bridgehead atoms. The quantitative estimate of drug-likeness (QED) is 0.184. The predicted octanol–water partition coefficient (Wildman–Crippen LogP) is 4.74. The van der Waals surface area contributed by atoms with Crippen molar-refractivity contribution < 1.29 is 23.6 Å². The summed E-state index contributed by atoms with van der Waals surface area (Å²) >= 11 is 1.37. The third-order valence-electron chi connectivity index (χ3n) is 7.36. The summed E-state index contributed by atoms with van der Waals surface area (Å²) in [6.45, 7) is 0.533. The zero-order valence-electron chi connectivity index (χ0n) is 20.2. The van der Waals surface area contributed by atoms with Gasteiger partial charge in [-0.1, -0.05) is 11.9 Å². The van der Waals surface area contributed by atoms with Gasteiger partial charge in [0, 0.05) is 36.3 Å². The molecule has 3 N–H and O–H groups in total. The summed E-state index contributed by atoms with van der Waals surface area (Å²) in [5.41, 5.74) is 2.59. The van der Waals surface area contributed by atoms with Crippen LogP contribution < -0.4 is 19.8 Å². The number of nitrogens with zero attached hydrogens (tertiary/aromatic N) is 3. The molecule has 1 amide bonds. The van der Waals surface area contributed by atoms with E-state index in [0.717, 1.165) is 37.3 Å². The van der Waals surface area contributed by atoms with Crippen LogP contribution in [0.15, 0.2) is 36.4 Å². The lowest BCUT2D eigenvalue weighted by Crippen LogP contribution is -2.56. The zero-order valence-corrected chi connectivity index (χ0v) is 21.0. The van der Waals surface area contributed by atoms with E-state index in [1.165, 1.54) is 47.9 Å². The number of aliphatic hydroxyl groups is 1. The molecule has 1 spiro atoms. The lowest BCUT2D eigenvalue weighted by molar-refractivity contribution is -0.384. The Morgan fingerprint density at radius 2 is 1.70 bits per heavy atom. The molecule has 3 fully saturated rings. The number of nitrogens with one attached hydrogen (secondary N) is 2. The summed E-state index contributed by atoms with van der Waals surface area (Å²) in [5, 5.41) is 23.3. The molecular formula is C25H29F2N5O4S. The Labute approximate surface area is 217 Å². The Morgan fingerprint density at radius 3 is 2.32 bits per heavy atom. The first-order chi connectivity index (χ1) is 17.7. The average molecular weight is 534 g/mol. The highest BCUT2D eigenvalue weighted by Crippen LogP contribution is 2.54. The standard InChI is InChI=1S/C25H29F2N5O4S/c26-25(27)15-31(16-25)22-13-17(2-4-20(22)32(35)36)28-23(34)19-3-1-18(29-37-12-11-33)14-21(19)30-9-7-24(5-6-24)8-10-30/h1-4,13-14,29,33H,5-12,15-16H2,(H,28,34). The van der Waals surface area contributed by atoms with Crippen LogP contribution in [0.3, 0.4) is 0 Å². The number of halogens is 2. The van der Waals surface area contributed by atoms with Crippen LogP contribution in [0.5, 0.6) is 0 Å². The molecule has 0 radical (unpaired) electrons. The van der Waals surface area contributed by atoms with E-state index in [2.05, 4.69) is 14.9 Å². The van der Waals surface area contributed by atoms with E-state index in [1.807, 2.05) is 6.07 Å². The molecule has 2 aliphatic heterocycles. The SMILES string of the molecule is O=C(Nc1ccc([N+](=O)[O-])c(N2CC(F)(F)C2)c1)c1ccc(NSCCO)cc1N1CCC2(CC1)CC2. The fourth-order valence-corrected chi connectivity index (χ4v) is 5.50. The molecule has 2 heterocycles. The second-order valence-corrected chi connectivity index (χ2v) is 10.9. The van der Waals surface area contributed by atoms with Gasteiger partial charge in [-0.15, -0.1) is 0 Å². The Kier molecular flexibility index (Phi) is 6.88. The van der Waals surface area contributed by atoms with Crippen LogP contribution in [0, 0.1) is 15.5 Å². The first kappa shape index (κ1) is 25.5. The van der Waals surface area contributed by atoms with Gasteiger partial charge in [0.15, 0.2) is 0 Å². The molecule has 9 nitrogen and oxygen atoms in total. The predicted molar refractivity (Wildman–Crippen MR) is 141 cm³/mol. The molecule has 3 aliphatic rings. The summed E-state index contributed by atoms with van der Waals surface area (Å²) in [7, 11) is 0. The number of benzene rings is 2. The Bertz CT molecular complexity index is 1190. The second-order valence-electron chi connectivity index (χ2n) is 10.0. The number of alkyl halides is 2. The van der Waals surface area contributed by atoms with Crippen LogP contribution in [0.1, 0.15) is 36.0 Å². The Balaban J connectivity index is 1.38. The van der Waals surface area contributed by atoms with E-state index in [0.29, 0.717) is 22.4 Å². The van der Waals surface area contributed by atoms with Gasteiger partial charge >= 0.3 is 0 Å². The highest BCUT2D eigenvalue weighted by Gasteiger charge is 2.46. The third kappa shape index (κ3) is 5.59. The van der Waals surface area contributed by atoms with Crippen LogP contribution in [-0.2, 0) is 0 Å². The van der Waals surface area contributed by atoms with Crippen LogP contribution in [0.2, 0.25) is 0 Å². The number of hydrogen-bond acceptors (Lipinski definition) is 8. The normalized spacial score (nSPS) is 19.3.